The summed E-state index contributed by atoms with van der Waals surface area (Å²) >= 11 is 0. The van der Waals surface area contributed by atoms with E-state index in [2.05, 4.69) is 14.8 Å². The van der Waals surface area contributed by atoms with Gasteiger partial charge in [0.15, 0.2) is 5.82 Å². The molecule has 2 N–H and O–H groups in total. The van der Waals surface area contributed by atoms with E-state index < -0.39 is 0 Å². The summed E-state index contributed by atoms with van der Waals surface area (Å²) in [5, 5.41) is 8.32. The highest BCUT2D eigenvalue weighted by molar-refractivity contribution is 5.94. The number of aromatic nitrogens is 3. The van der Waals surface area contributed by atoms with Gasteiger partial charge in [-0.25, -0.2) is 0 Å². The molecule has 0 unspecified atom stereocenters. The largest absolute Gasteiger partial charge is 0.399 e. The number of hydrogen-bond donors (Lipinski definition) is 1. The Morgan fingerprint density at radius 3 is 3.10 bits per heavy atom. The van der Waals surface area contributed by atoms with Crippen LogP contribution in [0.15, 0.2) is 24.3 Å². The van der Waals surface area contributed by atoms with E-state index in [-0.39, 0.29) is 5.91 Å². The van der Waals surface area contributed by atoms with Gasteiger partial charge in [-0.3, -0.25) is 4.79 Å². The number of rotatable bonds is 3. The summed E-state index contributed by atoms with van der Waals surface area (Å²) in [4.78, 5) is 14.0. The van der Waals surface area contributed by atoms with Crippen molar-refractivity contribution >= 4 is 11.6 Å². The molecule has 0 bridgehead atoms. The van der Waals surface area contributed by atoms with Crippen molar-refractivity contribution in [2.75, 3.05) is 12.8 Å². The molecule has 0 fully saturated rings. The van der Waals surface area contributed by atoms with Crippen molar-refractivity contribution in [1.82, 2.24) is 19.7 Å². The molecule has 6 heteroatoms. The van der Waals surface area contributed by atoms with Crippen molar-refractivity contribution in [2.45, 2.75) is 25.9 Å². The smallest absolute Gasteiger partial charge is 0.254 e. The summed E-state index contributed by atoms with van der Waals surface area (Å²) < 4.78 is 2.10. The minimum absolute atomic E-state index is 0.0624. The van der Waals surface area contributed by atoms with Gasteiger partial charge >= 0.3 is 0 Å². The first-order valence-corrected chi connectivity index (χ1v) is 6.67. The summed E-state index contributed by atoms with van der Waals surface area (Å²) in [5.74, 6) is 1.80. The molecule has 2 aromatic rings. The number of fused-ring (bicyclic) bond motifs is 1. The van der Waals surface area contributed by atoms with E-state index in [1.54, 1.807) is 36.2 Å². The van der Waals surface area contributed by atoms with Crippen LogP contribution in [0.5, 0.6) is 0 Å². The van der Waals surface area contributed by atoms with Gasteiger partial charge in [-0.15, -0.1) is 10.2 Å². The van der Waals surface area contributed by atoms with Crippen molar-refractivity contribution in [1.29, 1.82) is 0 Å². The Bertz CT molecular complexity index is 649. The van der Waals surface area contributed by atoms with Crippen LogP contribution in [0.2, 0.25) is 0 Å². The van der Waals surface area contributed by atoms with Crippen molar-refractivity contribution < 1.29 is 4.79 Å². The van der Waals surface area contributed by atoms with Crippen LogP contribution >= 0.6 is 0 Å². The first-order valence-electron chi connectivity index (χ1n) is 6.67. The molecule has 20 heavy (non-hydrogen) atoms. The number of amides is 1. The lowest BCUT2D eigenvalue weighted by Crippen LogP contribution is -2.27. The van der Waals surface area contributed by atoms with Gasteiger partial charge in [-0.1, -0.05) is 6.07 Å². The van der Waals surface area contributed by atoms with Crippen molar-refractivity contribution in [3.63, 3.8) is 0 Å². The minimum Gasteiger partial charge on any atom is -0.399 e. The maximum Gasteiger partial charge on any atom is 0.254 e. The lowest BCUT2D eigenvalue weighted by atomic mass is 10.2. The molecule has 1 aliphatic heterocycles. The molecule has 0 spiro atoms. The van der Waals surface area contributed by atoms with Gasteiger partial charge in [0.25, 0.3) is 5.91 Å². The Morgan fingerprint density at radius 2 is 2.30 bits per heavy atom. The van der Waals surface area contributed by atoms with Crippen LogP contribution in [0.3, 0.4) is 0 Å². The van der Waals surface area contributed by atoms with E-state index in [9.17, 15) is 4.79 Å². The number of nitrogen functional groups attached to an aromatic ring is 1. The number of aryl methyl sites for hydroxylation is 1. The van der Waals surface area contributed by atoms with Crippen molar-refractivity contribution in [3.8, 4) is 0 Å². The number of carbonyl (C=O) groups is 1. The quantitative estimate of drug-likeness (QED) is 0.847. The van der Waals surface area contributed by atoms with Crippen LogP contribution in [0.4, 0.5) is 5.69 Å². The number of carbonyl (C=O) groups excluding carboxylic acids is 1. The monoisotopic (exact) mass is 271 g/mol. The zero-order valence-electron chi connectivity index (χ0n) is 11.4. The number of nitrogens with two attached hydrogens (primary N) is 1. The van der Waals surface area contributed by atoms with Gasteiger partial charge in [0.1, 0.15) is 5.82 Å². The van der Waals surface area contributed by atoms with Gasteiger partial charge in [-0.05, 0) is 24.6 Å². The number of benzene rings is 1. The second-order valence-electron chi connectivity index (χ2n) is 5.07. The molecule has 2 heterocycles. The molecule has 104 valence electrons. The Morgan fingerprint density at radius 1 is 1.45 bits per heavy atom. The van der Waals surface area contributed by atoms with Crippen LogP contribution in [0.25, 0.3) is 0 Å². The molecule has 0 saturated carbocycles. The molecule has 0 atom stereocenters. The molecule has 0 aliphatic carbocycles. The lowest BCUT2D eigenvalue weighted by Gasteiger charge is -2.17. The van der Waals surface area contributed by atoms with E-state index in [1.165, 1.54) is 0 Å². The topological polar surface area (TPSA) is 77.0 Å². The molecule has 1 amide bonds. The van der Waals surface area contributed by atoms with E-state index >= 15 is 0 Å². The second kappa shape index (κ2) is 4.96. The van der Waals surface area contributed by atoms with Crippen LogP contribution in [-0.4, -0.2) is 32.6 Å². The van der Waals surface area contributed by atoms with Crippen molar-refractivity contribution in [2.24, 2.45) is 0 Å². The zero-order valence-corrected chi connectivity index (χ0v) is 11.4. The molecule has 1 aromatic heterocycles. The van der Waals surface area contributed by atoms with Crippen LogP contribution < -0.4 is 5.73 Å². The van der Waals surface area contributed by atoms with E-state index in [4.69, 9.17) is 5.73 Å². The average Bonchev–Trinajstić information content (AvgIpc) is 3.03. The highest BCUT2D eigenvalue weighted by Crippen LogP contribution is 2.16. The Kier molecular flexibility index (Phi) is 3.14. The molecule has 3 rings (SSSR count). The Labute approximate surface area is 117 Å². The third kappa shape index (κ3) is 2.24. The summed E-state index contributed by atoms with van der Waals surface area (Å²) in [6.45, 7) is 1.40. The highest BCUT2D eigenvalue weighted by Gasteiger charge is 2.20. The predicted molar refractivity (Wildman–Crippen MR) is 75.0 cm³/mol. The Balaban J connectivity index is 1.76. The molecular formula is C14H17N5O. The van der Waals surface area contributed by atoms with Gasteiger partial charge in [0.05, 0.1) is 6.54 Å². The van der Waals surface area contributed by atoms with Gasteiger partial charge in [0, 0.05) is 31.3 Å². The summed E-state index contributed by atoms with van der Waals surface area (Å²) in [7, 11) is 1.77. The standard InChI is InChI=1S/C14H17N5O/c1-18(14(20)10-4-2-5-11(15)8-10)9-13-17-16-12-6-3-7-19(12)13/h2,4-5,8H,3,6-7,9,15H2,1H3. The second-order valence-corrected chi connectivity index (χ2v) is 5.07. The summed E-state index contributed by atoms with van der Waals surface area (Å²) in [6.07, 6.45) is 2.07. The van der Waals surface area contributed by atoms with E-state index in [0.717, 1.165) is 31.0 Å². The molecule has 0 radical (unpaired) electrons. The summed E-state index contributed by atoms with van der Waals surface area (Å²) in [6, 6.07) is 7.00. The van der Waals surface area contributed by atoms with Crippen molar-refractivity contribution in [3.05, 3.63) is 41.5 Å². The third-order valence-electron chi connectivity index (χ3n) is 3.54. The predicted octanol–water partition coefficient (Wildman–Crippen LogP) is 1.08. The van der Waals surface area contributed by atoms with Crippen LogP contribution in [0.1, 0.15) is 28.4 Å². The zero-order chi connectivity index (χ0) is 14.1. The first-order chi connectivity index (χ1) is 9.65. The summed E-state index contributed by atoms with van der Waals surface area (Å²) in [5.41, 5.74) is 6.89. The van der Waals surface area contributed by atoms with Gasteiger partial charge in [-0.2, -0.15) is 0 Å². The van der Waals surface area contributed by atoms with Crippen LogP contribution in [-0.2, 0) is 19.5 Å². The Hall–Kier alpha value is -2.37. The SMILES string of the molecule is CN(Cc1nnc2n1CCC2)C(=O)c1cccc(N)c1. The number of anilines is 1. The fourth-order valence-corrected chi connectivity index (χ4v) is 2.50. The lowest BCUT2D eigenvalue weighted by molar-refractivity contribution is 0.0780. The molecule has 1 aromatic carbocycles. The third-order valence-corrected chi connectivity index (χ3v) is 3.54. The van der Waals surface area contributed by atoms with Gasteiger partial charge in [0.2, 0.25) is 0 Å². The van der Waals surface area contributed by atoms with E-state index in [1.807, 2.05) is 0 Å². The molecule has 1 aliphatic rings. The minimum atomic E-state index is -0.0624. The number of nitrogens with zero attached hydrogens (tertiary/aromatic N) is 4. The van der Waals surface area contributed by atoms with Gasteiger partial charge < -0.3 is 15.2 Å². The average molecular weight is 271 g/mol. The fourth-order valence-electron chi connectivity index (χ4n) is 2.50. The van der Waals surface area contributed by atoms with E-state index in [0.29, 0.717) is 17.8 Å². The van der Waals surface area contributed by atoms with Crippen LogP contribution in [0, 0.1) is 0 Å². The molecular weight excluding hydrogens is 254 g/mol. The molecule has 6 nitrogen and oxygen atoms in total. The normalized spacial score (nSPS) is 13.2. The first kappa shape index (κ1) is 12.7. The molecule has 0 saturated heterocycles. The highest BCUT2D eigenvalue weighted by atomic mass is 16.2. The maximum absolute atomic E-state index is 12.3. The number of hydrogen-bond acceptors (Lipinski definition) is 4. The fraction of sp³-hybridized carbons (Fsp3) is 0.357. The maximum atomic E-state index is 12.3.